The SMILES string of the molecule is [2H]C([2H])([2H])Oc1ccc2cc3[n+](cc2c1OC([2H])([2H])[2H])CCc1cc2c(cc1-3)OCO2. The highest BCUT2D eigenvalue weighted by molar-refractivity contribution is 5.91. The highest BCUT2D eigenvalue weighted by atomic mass is 16.7. The molecule has 0 aliphatic carbocycles. The minimum absolute atomic E-state index is 0.125. The van der Waals surface area contributed by atoms with Gasteiger partial charge in [-0.25, -0.2) is 0 Å². The lowest BCUT2D eigenvalue weighted by atomic mass is 9.95. The molecule has 0 radical (unpaired) electrons. The fraction of sp³-hybridized carbons (Fsp3) is 0.250. The molecule has 0 N–H and O–H groups in total. The third-order valence-electron chi connectivity index (χ3n) is 4.79. The van der Waals surface area contributed by atoms with Gasteiger partial charge in [-0.2, -0.15) is 4.57 Å². The van der Waals surface area contributed by atoms with Gasteiger partial charge in [0.05, 0.1) is 33.3 Å². The van der Waals surface area contributed by atoms with E-state index in [1.165, 1.54) is 6.07 Å². The Hall–Kier alpha value is -2.95. The molecule has 0 unspecified atom stereocenters. The Balaban J connectivity index is 1.69. The smallest absolute Gasteiger partial charge is 0.231 e. The maximum atomic E-state index is 7.51. The molecule has 0 amide bonds. The molecule has 5 rings (SSSR count). The van der Waals surface area contributed by atoms with E-state index in [-0.39, 0.29) is 18.3 Å². The zero-order chi connectivity index (χ0) is 22.0. The Morgan fingerprint density at radius 3 is 2.84 bits per heavy atom. The summed E-state index contributed by atoms with van der Waals surface area (Å²) in [4.78, 5) is 0. The van der Waals surface area contributed by atoms with Crippen LogP contribution in [0.1, 0.15) is 13.8 Å². The summed E-state index contributed by atoms with van der Waals surface area (Å²) in [5, 5.41) is 1.14. The van der Waals surface area contributed by atoms with Gasteiger partial charge in [0.1, 0.15) is 0 Å². The maximum absolute atomic E-state index is 7.51. The van der Waals surface area contributed by atoms with Gasteiger partial charge in [-0.1, -0.05) is 0 Å². The molecule has 0 bridgehead atoms. The molecular weight excluding hydrogens is 318 g/mol. The van der Waals surface area contributed by atoms with Gasteiger partial charge in [-0.05, 0) is 35.2 Å². The molecule has 0 spiro atoms. The summed E-state index contributed by atoms with van der Waals surface area (Å²) >= 11 is 0. The van der Waals surface area contributed by atoms with E-state index in [0.717, 1.165) is 29.0 Å². The lowest BCUT2D eigenvalue weighted by Crippen LogP contribution is -2.40. The van der Waals surface area contributed by atoms with Gasteiger partial charge in [-0.15, -0.1) is 0 Å². The number of methoxy groups -OCH3 is 2. The van der Waals surface area contributed by atoms with Crippen molar-refractivity contribution in [2.75, 3.05) is 20.9 Å². The van der Waals surface area contributed by atoms with Gasteiger partial charge < -0.3 is 18.9 Å². The monoisotopic (exact) mass is 342 g/mol. The lowest BCUT2D eigenvalue weighted by Gasteiger charge is -2.17. The Kier molecular flexibility index (Phi) is 2.01. The van der Waals surface area contributed by atoms with Crippen molar-refractivity contribution in [2.24, 2.45) is 0 Å². The molecule has 0 atom stereocenters. The highest BCUT2D eigenvalue weighted by Crippen LogP contribution is 2.41. The Bertz CT molecular complexity index is 1210. The number of hydrogen-bond acceptors (Lipinski definition) is 4. The van der Waals surface area contributed by atoms with Crippen molar-refractivity contribution >= 4 is 10.8 Å². The normalized spacial score (nSPS) is 18.7. The van der Waals surface area contributed by atoms with Crippen LogP contribution >= 0.6 is 0 Å². The van der Waals surface area contributed by atoms with Crippen LogP contribution < -0.4 is 23.5 Å². The Morgan fingerprint density at radius 1 is 1.08 bits per heavy atom. The van der Waals surface area contributed by atoms with Gasteiger partial charge >= 0.3 is 0 Å². The number of aryl methyl sites for hydroxylation is 2. The molecule has 3 heterocycles. The molecule has 5 nitrogen and oxygen atoms in total. The number of benzene rings is 2. The van der Waals surface area contributed by atoms with Crippen molar-refractivity contribution in [3.8, 4) is 34.3 Å². The van der Waals surface area contributed by atoms with Crippen LogP contribution in [0.15, 0.2) is 36.5 Å². The first-order valence-corrected chi connectivity index (χ1v) is 7.89. The molecule has 2 aliphatic rings. The quantitative estimate of drug-likeness (QED) is 0.671. The number of fused-ring (bicyclic) bond motifs is 5. The second kappa shape index (κ2) is 5.28. The number of rotatable bonds is 2. The van der Waals surface area contributed by atoms with Crippen LogP contribution in [0.2, 0.25) is 0 Å². The number of nitrogens with zero attached hydrogens (tertiary/aromatic N) is 1. The summed E-state index contributed by atoms with van der Waals surface area (Å²) in [6.45, 7) is 0.841. The summed E-state index contributed by atoms with van der Waals surface area (Å²) in [6.07, 6.45) is 2.52. The summed E-state index contributed by atoms with van der Waals surface area (Å²) in [5.41, 5.74) is 3.06. The molecule has 0 saturated heterocycles. The van der Waals surface area contributed by atoms with Crippen molar-refractivity contribution < 1.29 is 31.7 Å². The lowest BCUT2D eigenvalue weighted by molar-refractivity contribution is -0.686. The zero-order valence-electron chi connectivity index (χ0n) is 19.2. The topological polar surface area (TPSA) is 40.8 Å². The average molecular weight is 342 g/mol. The summed E-state index contributed by atoms with van der Waals surface area (Å²) < 4.78 is 67.9. The summed E-state index contributed by atoms with van der Waals surface area (Å²) in [5.74, 6) is 1.14. The fourth-order valence-electron chi connectivity index (χ4n) is 3.58. The second-order valence-corrected chi connectivity index (χ2v) is 6.06. The van der Waals surface area contributed by atoms with Crippen molar-refractivity contribution in [1.82, 2.24) is 0 Å². The number of aromatic nitrogens is 1. The molecule has 5 heteroatoms. The van der Waals surface area contributed by atoms with Crippen molar-refractivity contribution in [3.05, 3.63) is 42.1 Å². The highest BCUT2D eigenvalue weighted by Gasteiger charge is 2.28. The van der Waals surface area contributed by atoms with Crippen LogP contribution in [0.25, 0.3) is 22.0 Å². The van der Waals surface area contributed by atoms with Crippen LogP contribution in [0.4, 0.5) is 0 Å². The number of pyridine rings is 1. The number of hydrogen-bond donors (Lipinski definition) is 0. The van der Waals surface area contributed by atoms with Crippen LogP contribution in [0.3, 0.4) is 0 Å². The van der Waals surface area contributed by atoms with Gasteiger partial charge in [0.25, 0.3) is 0 Å². The first-order valence-electron chi connectivity index (χ1n) is 10.9. The second-order valence-electron chi connectivity index (χ2n) is 6.06. The fourth-order valence-corrected chi connectivity index (χ4v) is 3.58. The van der Waals surface area contributed by atoms with Crippen LogP contribution in [-0.2, 0) is 13.0 Å². The summed E-state index contributed by atoms with van der Waals surface area (Å²) in [7, 11) is -5.52. The molecule has 0 saturated carbocycles. The van der Waals surface area contributed by atoms with Crippen LogP contribution in [0, 0.1) is 0 Å². The van der Waals surface area contributed by atoms with Gasteiger partial charge in [0.15, 0.2) is 35.7 Å². The van der Waals surface area contributed by atoms with Gasteiger partial charge in [0, 0.05) is 12.5 Å². The predicted molar refractivity (Wildman–Crippen MR) is 92.5 cm³/mol. The van der Waals surface area contributed by atoms with E-state index >= 15 is 0 Å². The largest absolute Gasteiger partial charge is 0.493 e. The maximum Gasteiger partial charge on any atom is 0.231 e. The molecular formula is C20H18NO4+. The van der Waals surface area contributed by atoms with Gasteiger partial charge in [0.2, 0.25) is 12.5 Å². The van der Waals surface area contributed by atoms with E-state index in [2.05, 4.69) is 0 Å². The minimum atomic E-state index is -2.77. The zero-order valence-corrected chi connectivity index (χ0v) is 13.2. The Labute approximate surface area is 153 Å². The molecule has 126 valence electrons. The average Bonchev–Trinajstić information content (AvgIpc) is 3.12. The molecule has 2 aliphatic heterocycles. The van der Waals surface area contributed by atoms with E-state index in [0.29, 0.717) is 23.1 Å². The van der Waals surface area contributed by atoms with Crippen molar-refractivity contribution in [3.63, 3.8) is 0 Å². The third-order valence-corrected chi connectivity index (χ3v) is 4.79. The predicted octanol–water partition coefficient (Wildman–Crippen LogP) is 3.10. The molecule has 2 aromatic carbocycles. The molecule has 25 heavy (non-hydrogen) atoms. The van der Waals surface area contributed by atoms with E-state index in [1.807, 2.05) is 22.8 Å². The Morgan fingerprint density at radius 2 is 1.96 bits per heavy atom. The number of ether oxygens (including phenoxy) is 4. The standard InChI is InChI=1S/C20H18NO4/c1-22-17-4-3-12-7-16-14-9-19-18(24-11-25-19)8-13(14)5-6-21(16)10-15(12)20(17)23-2/h3-4,7-10H,5-6,11H2,1-2H3/q+1/i1D3,2D3. The summed E-state index contributed by atoms with van der Waals surface area (Å²) in [6, 6.07) is 8.95. The van der Waals surface area contributed by atoms with Crippen LogP contribution in [-0.4, -0.2) is 20.9 Å². The first kappa shape index (κ1) is 9.51. The molecule has 3 aromatic rings. The van der Waals surface area contributed by atoms with Crippen LogP contribution in [0.5, 0.6) is 23.0 Å². The molecule has 1 aromatic heterocycles. The third kappa shape index (κ3) is 2.05. The minimum Gasteiger partial charge on any atom is -0.493 e. The molecule has 0 fully saturated rings. The van der Waals surface area contributed by atoms with E-state index in [1.54, 1.807) is 12.3 Å². The first-order chi connectivity index (χ1) is 14.6. The van der Waals surface area contributed by atoms with Gasteiger partial charge in [-0.3, -0.25) is 0 Å². The van der Waals surface area contributed by atoms with Crippen molar-refractivity contribution in [1.29, 1.82) is 0 Å². The van der Waals surface area contributed by atoms with E-state index < -0.39 is 14.1 Å². The van der Waals surface area contributed by atoms with Crippen molar-refractivity contribution in [2.45, 2.75) is 13.0 Å². The van der Waals surface area contributed by atoms with E-state index in [9.17, 15) is 0 Å². The van der Waals surface area contributed by atoms with E-state index in [4.69, 9.17) is 27.2 Å².